The number of nitrogens with one attached hydrogen (secondary N) is 1. The fourth-order valence-electron chi connectivity index (χ4n) is 5.76. The van der Waals surface area contributed by atoms with Crippen LogP contribution in [-0.4, -0.2) is 60.3 Å². The van der Waals surface area contributed by atoms with Crippen molar-refractivity contribution in [1.29, 1.82) is 0 Å². The van der Waals surface area contributed by atoms with Gasteiger partial charge in [0.2, 0.25) is 5.16 Å². The summed E-state index contributed by atoms with van der Waals surface area (Å²) in [4.78, 5) is 23.6. The number of aromatic nitrogens is 4. The van der Waals surface area contributed by atoms with E-state index in [4.69, 9.17) is 14.2 Å². The van der Waals surface area contributed by atoms with E-state index in [-0.39, 0.29) is 36.8 Å². The summed E-state index contributed by atoms with van der Waals surface area (Å²) in [6, 6.07) is 32.1. The molecular weight excluding hydrogens is 659 g/mol. The Bertz CT molecular complexity index is 1870. The van der Waals surface area contributed by atoms with Gasteiger partial charge in [0, 0.05) is 30.7 Å². The van der Waals surface area contributed by atoms with E-state index in [9.17, 15) is 19.8 Å². The first-order valence-electron chi connectivity index (χ1n) is 16.1. The lowest BCUT2D eigenvalue weighted by molar-refractivity contribution is -0.255. The summed E-state index contributed by atoms with van der Waals surface area (Å²) in [6.07, 6.45) is -2.40. The number of esters is 1. The molecule has 1 fully saturated rings. The van der Waals surface area contributed by atoms with Crippen LogP contribution in [-0.2, 0) is 37.0 Å². The normalized spacial score (nSPS) is 19.4. The van der Waals surface area contributed by atoms with Gasteiger partial charge in [0.1, 0.15) is 5.75 Å². The Morgan fingerprint density at radius 2 is 1.58 bits per heavy atom. The Hall–Kier alpha value is -5.08. The molecule has 0 saturated carbocycles. The standard InChI is InChI=1S/C37H37N5O7S/c1-23(47-24(2)44)35(46)38-20-25-8-14-29(15-9-25)36-48-32(22-50-37-39-40-41-42(37)30-16-18-31(45)19-17-30)33(27-6-4-3-5-7-27)34(49-36)28-12-10-26(21-43)11-13-28/h3-19,23,32-34,36,43,45H,20-22H2,1-2H3,(H,38,46)/t23-,32+,33+,34-,36?/m0/s1. The van der Waals surface area contributed by atoms with Crippen LogP contribution >= 0.6 is 11.8 Å². The van der Waals surface area contributed by atoms with Gasteiger partial charge in [-0.05, 0) is 63.9 Å². The number of benzene rings is 4. The van der Waals surface area contributed by atoms with Crippen LogP contribution < -0.4 is 5.32 Å². The summed E-state index contributed by atoms with van der Waals surface area (Å²) in [7, 11) is 0. The van der Waals surface area contributed by atoms with Crippen LogP contribution in [0.1, 0.15) is 60.0 Å². The van der Waals surface area contributed by atoms with Crippen molar-refractivity contribution in [2.24, 2.45) is 0 Å². The molecule has 1 unspecified atom stereocenters. The number of aromatic hydroxyl groups is 1. The maximum atomic E-state index is 12.4. The summed E-state index contributed by atoms with van der Waals surface area (Å²) in [6.45, 7) is 2.97. The number of rotatable bonds is 12. The van der Waals surface area contributed by atoms with Crippen LogP contribution in [0.15, 0.2) is 108 Å². The highest BCUT2D eigenvalue weighted by Crippen LogP contribution is 2.48. The van der Waals surface area contributed by atoms with Crippen molar-refractivity contribution in [3.63, 3.8) is 0 Å². The topological polar surface area (TPSA) is 158 Å². The van der Waals surface area contributed by atoms with Crippen LogP contribution in [0.5, 0.6) is 5.75 Å². The van der Waals surface area contributed by atoms with Crippen LogP contribution in [0.3, 0.4) is 0 Å². The Morgan fingerprint density at radius 3 is 2.26 bits per heavy atom. The Labute approximate surface area is 293 Å². The second kappa shape index (κ2) is 16.1. The van der Waals surface area contributed by atoms with E-state index in [1.54, 1.807) is 28.9 Å². The number of phenols is 1. The molecule has 5 aromatic rings. The highest BCUT2D eigenvalue weighted by atomic mass is 32.2. The van der Waals surface area contributed by atoms with Crippen molar-refractivity contribution in [1.82, 2.24) is 25.5 Å². The van der Waals surface area contributed by atoms with Gasteiger partial charge in [0.05, 0.1) is 24.5 Å². The van der Waals surface area contributed by atoms with Crippen molar-refractivity contribution in [3.05, 3.63) is 131 Å². The number of hydrogen-bond acceptors (Lipinski definition) is 11. The van der Waals surface area contributed by atoms with Gasteiger partial charge in [-0.25, -0.2) is 0 Å². The average molecular weight is 696 g/mol. The zero-order valence-electron chi connectivity index (χ0n) is 27.5. The molecule has 1 saturated heterocycles. The minimum Gasteiger partial charge on any atom is -0.508 e. The van der Waals surface area contributed by atoms with Gasteiger partial charge in [-0.15, -0.1) is 5.10 Å². The zero-order chi connectivity index (χ0) is 35.0. The molecule has 1 aromatic heterocycles. The van der Waals surface area contributed by atoms with E-state index < -0.39 is 24.5 Å². The van der Waals surface area contributed by atoms with Crippen molar-refractivity contribution in [3.8, 4) is 11.4 Å². The number of tetrazole rings is 1. The summed E-state index contributed by atoms with van der Waals surface area (Å²) in [5.74, 6) is -0.496. The molecule has 12 nitrogen and oxygen atoms in total. The largest absolute Gasteiger partial charge is 0.508 e. The molecule has 0 spiro atoms. The smallest absolute Gasteiger partial charge is 0.303 e. The number of hydrogen-bond donors (Lipinski definition) is 3. The van der Waals surface area contributed by atoms with Crippen LogP contribution in [0.4, 0.5) is 0 Å². The highest BCUT2D eigenvalue weighted by molar-refractivity contribution is 7.99. The Kier molecular flexibility index (Phi) is 11.2. The quantitative estimate of drug-likeness (QED) is 0.117. The molecule has 13 heteroatoms. The summed E-state index contributed by atoms with van der Waals surface area (Å²) in [5.41, 5.74) is 5.13. The number of carbonyl (C=O) groups is 2. The van der Waals surface area contributed by atoms with Gasteiger partial charge in [0.15, 0.2) is 12.4 Å². The molecule has 4 aromatic carbocycles. The summed E-state index contributed by atoms with van der Waals surface area (Å²) >= 11 is 1.45. The molecular formula is C37H37N5O7S. The van der Waals surface area contributed by atoms with Crippen molar-refractivity contribution >= 4 is 23.6 Å². The van der Waals surface area contributed by atoms with Crippen molar-refractivity contribution in [2.75, 3.05) is 5.75 Å². The SMILES string of the molecule is CC(=O)O[C@@H](C)C(=O)NCc1ccc(C2O[C@H](CSc3nnnn3-c3ccc(O)cc3)[C@@H](c3ccccc3)[C@H](c3ccc(CO)cc3)O2)cc1. The number of phenolic OH excluding ortho intramolecular Hbond substituents is 1. The zero-order valence-corrected chi connectivity index (χ0v) is 28.3. The van der Waals surface area contributed by atoms with Crippen LogP contribution in [0, 0.1) is 0 Å². The maximum absolute atomic E-state index is 12.4. The number of amides is 1. The van der Waals surface area contributed by atoms with E-state index in [2.05, 4.69) is 33.0 Å². The first-order valence-corrected chi connectivity index (χ1v) is 17.1. The lowest BCUT2D eigenvalue weighted by Gasteiger charge is -2.43. The molecule has 0 aliphatic carbocycles. The summed E-state index contributed by atoms with van der Waals surface area (Å²) in [5, 5.41) is 35.2. The number of carbonyl (C=O) groups excluding carboxylic acids is 2. The third-order valence-corrected chi connectivity index (χ3v) is 9.32. The Balaban J connectivity index is 1.28. The number of nitrogens with zero attached hydrogens (tertiary/aromatic N) is 4. The maximum Gasteiger partial charge on any atom is 0.303 e. The number of aliphatic hydroxyl groups is 1. The lowest BCUT2D eigenvalue weighted by atomic mass is 9.84. The minimum atomic E-state index is -0.891. The van der Waals surface area contributed by atoms with E-state index in [1.165, 1.54) is 25.6 Å². The van der Waals surface area contributed by atoms with Crippen LogP contribution in [0.25, 0.3) is 5.69 Å². The first-order chi connectivity index (χ1) is 24.3. The van der Waals surface area contributed by atoms with Crippen molar-refractivity contribution < 1.29 is 34.0 Å². The fraction of sp³-hybridized carbons (Fsp3) is 0.270. The molecule has 1 amide bonds. The van der Waals surface area contributed by atoms with Gasteiger partial charge in [-0.1, -0.05) is 90.6 Å². The Morgan fingerprint density at radius 1 is 0.900 bits per heavy atom. The molecule has 1 aliphatic heterocycles. The van der Waals surface area contributed by atoms with E-state index in [1.807, 2.05) is 66.7 Å². The van der Waals surface area contributed by atoms with Gasteiger partial charge >= 0.3 is 5.97 Å². The van der Waals surface area contributed by atoms with Gasteiger partial charge in [0.25, 0.3) is 5.91 Å². The molecule has 3 N–H and O–H groups in total. The number of ether oxygens (including phenoxy) is 3. The van der Waals surface area contributed by atoms with Gasteiger partial charge < -0.3 is 29.7 Å². The van der Waals surface area contributed by atoms with Crippen LogP contribution in [0.2, 0.25) is 0 Å². The first kappa shape index (κ1) is 34.8. The highest BCUT2D eigenvalue weighted by Gasteiger charge is 2.42. The van der Waals surface area contributed by atoms with Gasteiger partial charge in [-0.2, -0.15) is 4.68 Å². The van der Waals surface area contributed by atoms with Gasteiger partial charge in [-0.3, -0.25) is 9.59 Å². The molecule has 1 aliphatic rings. The second-order valence-electron chi connectivity index (χ2n) is 11.8. The average Bonchev–Trinajstić information content (AvgIpc) is 3.62. The third kappa shape index (κ3) is 8.37. The molecule has 6 rings (SSSR count). The number of thioether (sulfide) groups is 1. The minimum absolute atomic E-state index is 0.0653. The predicted molar refractivity (Wildman–Crippen MR) is 184 cm³/mol. The lowest BCUT2D eigenvalue weighted by Crippen LogP contribution is -2.38. The molecule has 2 heterocycles. The van der Waals surface area contributed by atoms with E-state index >= 15 is 0 Å². The predicted octanol–water partition coefficient (Wildman–Crippen LogP) is 5.16. The third-order valence-electron chi connectivity index (χ3n) is 8.31. The van der Waals surface area contributed by atoms with Crippen molar-refractivity contribution in [2.45, 2.75) is 62.7 Å². The second-order valence-corrected chi connectivity index (χ2v) is 12.8. The molecule has 0 bridgehead atoms. The fourth-order valence-corrected chi connectivity index (χ4v) is 6.72. The summed E-state index contributed by atoms with van der Waals surface area (Å²) < 4.78 is 20.2. The molecule has 0 radical (unpaired) electrons. The van der Waals surface area contributed by atoms with E-state index in [0.717, 1.165) is 27.8 Å². The van der Waals surface area contributed by atoms with E-state index in [0.29, 0.717) is 16.6 Å². The molecule has 50 heavy (non-hydrogen) atoms. The monoisotopic (exact) mass is 695 g/mol. The molecule has 258 valence electrons. The number of aliphatic hydroxyl groups excluding tert-OH is 1. The molecule has 5 atom stereocenters.